The molecule has 5 nitrogen and oxygen atoms in total. The molecule has 0 atom stereocenters. The topological polar surface area (TPSA) is 63.5 Å². The highest BCUT2D eigenvalue weighted by Crippen LogP contribution is 2.08. The average molecular weight is 304 g/mol. The van der Waals surface area contributed by atoms with Crippen molar-refractivity contribution >= 4 is 35.3 Å². The zero-order valence-corrected chi connectivity index (χ0v) is 12.4. The number of pyridine rings is 1. The smallest absolute Gasteiger partial charge is 0.259 e. The van der Waals surface area contributed by atoms with Crippen LogP contribution in [0.1, 0.15) is 20.8 Å². The van der Waals surface area contributed by atoms with Gasteiger partial charge < -0.3 is 4.57 Å². The van der Waals surface area contributed by atoms with Gasteiger partial charge in [0, 0.05) is 18.6 Å². The minimum absolute atomic E-state index is 0.0266. The van der Waals surface area contributed by atoms with Crippen LogP contribution in [0.4, 0.5) is 0 Å². The second-order valence-electron chi connectivity index (χ2n) is 5.11. The van der Waals surface area contributed by atoms with E-state index in [0.29, 0.717) is 0 Å². The molecule has 0 saturated heterocycles. The normalized spacial score (nSPS) is 11.8. The summed E-state index contributed by atoms with van der Waals surface area (Å²) < 4.78 is 1.42. The molecule has 104 valence electrons. The number of hydrazone groups is 1. The molecule has 1 aromatic rings. The minimum Gasteiger partial charge on any atom is -0.342 e. The molecule has 0 radical (unpaired) electrons. The van der Waals surface area contributed by atoms with Crippen LogP contribution in [0, 0.1) is 5.41 Å². The van der Waals surface area contributed by atoms with E-state index in [1.165, 1.54) is 17.0 Å². The van der Waals surface area contributed by atoms with Crippen LogP contribution in [0.15, 0.2) is 22.3 Å². The van der Waals surface area contributed by atoms with Gasteiger partial charge in [-0.3, -0.25) is 9.59 Å². The highest BCUT2D eigenvalue weighted by Gasteiger charge is 2.08. The third kappa shape index (κ3) is 5.44. The van der Waals surface area contributed by atoms with Crippen LogP contribution in [-0.4, -0.2) is 16.7 Å². The summed E-state index contributed by atoms with van der Waals surface area (Å²) in [6, 6.07) is 0. The molecule has 1 amide bonds. The molecular formula is C12H15Cl2N3O2. The molecule has 0 spiro atoms. The molecule has 0 aromatic carbocycles. The van der Waals surface area contributed by atoms with Gasteiger partial charge in [0.25, 0.3) is 5.91 Å². The van der Waals surface area contributed by atoms with Crippen molar-refractivity contribution < 1.29 is 4.79 Å². The van der Waals surface area contributed by atoms with Crippen molar-refractivity contribution in [3.63, 3.8) is 0 Å². The Hall–Kier alpha value is -1.33. The van der Waals surface area contributed by atoms with Gasteiger partial charge in [0.05, 0.1) is 0 Å². The lowest BCUT2D eigenvalue weighted by molar-refractivity contribution is -0.121. The third-order valence-corrected chi connectivity index (χ3v) is 2.50. The number of nitrogens with one attached hydrogen (secondary N) is 1. The predicted molar refractivity (Wildman–Crippen MR) is 76.8 cm³/mol. The summed E-state index contributed by atoms with van der Waals surface area (Å²) in [6.45, 7) is 5.86. The maximum atomic E-state index is 11.6. The van der Waals surface area contributed by atoms with Gasteiger partial charge >= 0.3 is 0 Å². The van der Waals surface area contributed by atoms with Gasteiger partial charge in [-0.1, -0.05) is 44.0 Å². The molecule has 0 aliphatic carbocycles. The Morgan fingerprint density at radius 3 is 2.37 bits per heavy atom. The molecule has 19 heavy (non-hydrogen) atoms. The third-order valence-electron chi connectivity index (χ3n) is 1.96. The Bertz CT molecular complexity index is 533. The van der Waals surface area contributed by atoms with Gasteiger partial charge in [-0.15, -0.1) is 0 Å². The maximum Gasteiger partial charge on any atom is 0.259 e. The number of aromatic nitrogens is 1. The zero-order chi connectivity index (χ0) is 14.6. The first-order valence-corrected chi connectivity index (χ1v) is 6.33. The van der Waals surface area contributed by atoms with E-state index < -0.39 is 5.43 Å². The summed E-state index contributed by atoms with van der Waals surface area (Å²) in [4.78, 5) is 22.9. The number of amides is 1. The Morgan fingerprint density at radius 2 is 1.89 bits per heavy atom. The number of hydrogen-bond acceptors (Lipinski definition) is 3. The number of hydrogen-bond donors (Lipinski definition) is 1. The van der Waals surface area contributed by atoms with Gasteiger partial charge in [0.2, 0.25) is 5.43 Å². The van der Waals surface area contributed by atoms with Crippen molar-refractivity contribution in [1.29, 1.82) is 0 Å². The van der Waals surface area contributed by atoms with Crippen LogP contribution in [0.25, 0.3) is 0 Å². The van der Waals surface area contributed by atoms with Crippen molar-refractivity contribution in [2.24, 2.45) is 10.5 Å². The van der Waals surface area contributed by atoms with Crippen LogP contribution in [0.5, 0.6) is 0 Å². The van der Waals surface area contributed by atoms with Crippen LogP contribution < -0.4 is 10.9 Å². The molecule has 7 heteroatoms. The van der Waals surface area contributed by atoms with Gasteiger partial charge in [-0.25, -0.2) is 5.43 Å². The van der Waals surface area contributed by atoms with Gasteiger partial charge in [-0.05, 0) is 5.41 Å². The quantitative estimate of drug-likeness (QED) is 0.688. The summed E-state index contributed by atoms with van der Waals surface area (Å²) in [5.41, 5.74) is 1.82. The van der Waals surface area contributed by atoms with Crippen molar-refractivity contribution in [2.75, 3.05) is 0 Å². The summed E-state index contributed by atoms with van der Waals surface area (Å²) >= 11 is 11.4. The van der Waals surface area contributed by atoms with Crippen LogP contribution in [0.2, 0.25) is 10.0 Å². The van der Waals surface area contributed by atoms with Gasteiger partial charge in [0.1, 0.15) is 16.6 Å². The van der Waals surface area contributed by atoms with Crippen molar-refractivity contribution in [3.8, 4) is 0 Å². The predicted octanol–water partition coefficient (Wildman–Crippen LogP) is 2.30. The molecule has 0 unspecified atom stereocenters. The van der Waals surface area contributed by atoms with E-state index in [9.17, 15) is 9.59 Å². The first-order chi connectivity index (χ1) is 8.69. The van der Waals surface area contributed by atoms with Crippen molar-refractivity contribution in [3.05, 3.63) is 32.7 Å². The molecule has 1 rings (SSSR count). The zero-order valence-electron chi connectivity index (χ0n) is 10.9. The fourth-order valence-electron chi connectivity index (χ4n) is 1.15. The standard InChI is InChI=1S/C12H15Cl2N3O2/c1-12(2,3)7-15-16-10(18)6-17-4-8(13)11(19)9(14)5-17/h4-5,7H,6H2,1-3H3,(H,16,18)/b15-7-. The Morgan fingerprint density at radius 1 is 1.37 bits per heavy atom. The largest absolute Gasteiger partial charge is 0.342 e. The first kappa shape index (κ1) is 15.7. The number of nitrogens with zero attached hydrogens (tertiary/aromatic N) is 2. The van der Waals surface area contributed by atoms with E-state index in [1.807, 2.05) is 20.8 Å². The minimum atomic E-state index is -0.453. The number of halogens is 2. The van der Waals surface area contributed by atoms with E-state index in [4.69, 9.17) is 23.2 Å². The summed E-state index contributed by atoms with van der Waals surface area (Å²) in [5, 5.41) is 3.78. The van der Waals surface area contributed by atoms with E-state index in [2.05, 4.69) is 10.5 Å². The van der Waals surface area contributed by atoms with Crippen molar-refractivity contribution in [1.82, 2.24) is 9.99 Å². The molecular weight excluding hydrogens is 289 g/mol. The lowest BCUT2D eigenvalue weighted by Gasteiger charge is -2.10. The average Bonchev–Trinajstić information content (AvgIpc) is 2.23. The Kier molecular flexibility index (Phi) is 5.14. The van der Waals surface area contributed by atoms with E-state index in [1.54, 1.807) is 6.21 Å². The fourth-order valence-corrected chi connectivity index (χ4v) is 1.65. The first-order valence-electron chi connectivity index (χ1n) is 5.57. The summed E-state index contributed by atoms with van der Waals surface area (Å²) in [6.07, 6.45) is 4.34. The molecule has 0 aliphatic rings. The highest BCUT2D eigenvalue weighted by atomic mass is 35.5. The number of carbonyl (C=O) groups excluding carboxylic acids is 1. The molecule has 1 heterocycles. The molecule has 1 N–H and O–H groups in total. The Balaban J connectivity index is 2.68. The number of rotatable bonds is 3. The highest BCUT2D eigenvalue weighted by molar-refractivity contribution is 6.34. The van der Waals surface area contributed by atoms with Crippen LogP contribution in [0.3, 0.4) is 0 Å². The van der Waals surface area contributed by atoms with Crippen molar-refractivity contribution in [2.45, 2.75) is 27.3 Å². The second-order valence-corrected chi connectivity index (χ2v) is 5.93. The van der Waals surface area contributed by atoms with Gasteiger partial charge in [-0.2, -0.15) is 5.10 Å². The molecule has 0 aliphatic heterocycles. The number of carbonyl (C=O) groups is 1. The van der Waals surface area contributed by atoms with E-state index in [0.717, 1.165) is 0 Å². The maximum absolute atomic E-state index is 11.6. The molecule has 1 aromatic heterocycles. The summed E-state index contributed by atoms with van der Waals surface area (Å²) in [7, 11) is 0. The lowest BCUT2D eigenvalue weighted by Crippen LogP contribution is -2.25. The monoisotopic (exact) mass is 303 g/mol. The lowest BCUT2D eigenvalue weighted by atomic mass is 9.99. The fraction of sp³-hybridized carbons (Fsp3) is 0.417. The van der Waals surface area contributed by atoms with E-state index in [-0.39, 0.29) is 27.9 Å². The summed E-state index contributed by atoms with van der Waals surface area (Å²) in [5.74, 6) is -0.337. The SMILES string of the molecule is CC(C)(C)/C=N\NC(=O)Cn1cc(Cl)c(=O)c(Cl)c1. The Labute approximate surface area is 121 Å². The molecule has 0 fully saturated rings. The molecule has 0 bridgehead atoms. The van der Waals surface area contributed by atoms with E-state index >= 15 is 0 Å². The van der Waals surface area contributed by atoms with Crippen LogP contribution in [-0.2, 0) is 11.3 Å². The van der Waals surface area contributed by atoms with Crippen LogP contribution >= 0.6 is 23.2 Å². The second kappa shape index (κ2) is 6.21. The van der Waals surface area contributed by atoms with Gasteiger partial charge in [0.15, 0.2) is 0 Å². The molecule has 0 saturated carbocycles.